The fraction of sp³-hybridized carbons (Fsp3) is 0.429. The van der Waals surface area contributed by atoms with E-state index in [1.54, 1.807) is 33.8 Å². The summed E-state index contributed by atoms with van der Waals surface area (Å²) in [5, 5.41) is 14.0. The van der Waals surface area contributed by atoms with Gasteiger partial charge >= 0.3 is 12.1 Å². The van der Waals surface area contributed by atoms with E-state index >= 15 is 0 Å². The summed E-state index contributed by atoms with van der Waals surface area (Å²) >= 11 is 1.47. The molecule has 9 nitrogen and oxygen atoms in total. The van der Waals surface area contributed by atoms with E-state index in [1.165, 1.54) is 23.5 Å². The zero-order valence-electron chi connectivity index (χ0n) is 22.5. The van der Waals surface area contributed by atoms with E-state index in [9.17, 15) is 14.0 Å². The molecule has 0 radical (unpaired) electrons. The first-order valence-corrected chi connectivity index (χ1v) is 13.4. The van der Waals surface area contributed by atoms with Gasteiger partial charge in [0.05, 0.1) is 30.9 Å². The Morgan fingerprint density at radius 2 is 1.95 bits per heavy atom. The van der Waals surface area contributed by atoms with Crippen LogP contribution in [0.5, 0.6) is 5.75 Å². The Morgan fingerprint density at radius 1 is 1.13 bits per heavy atom. The Hall–Kier alpha value is -3.75. The van der Waals surface area contributed by atoms with E-state index in [0.29, 0.717) is 35.7 Å². The van der Waals surface area contributed by atoms with Gasteiger partial charge in [0, 0.05) is 30.0 Å². The van der Waals surface area contributed by atoms with E-state index in [2.05, 4.69) is 27.4 Å². The maximum absolute atomic E-state index is 14.1. The maximum atomic E-state index is 14.1. The minimum atomic E-state index is -0.570. The van der Waals surface area contributed by atoms with Gasteiger partial charge in [0.25, 0.3) is 0 Å². The fourth-order valence-corrected chi connectivity index (χ4v) is 4.25. The van der Waals surface area contributed by atoms with Crippen LogP contribution in [0.4, 0.5) is 9.18 Å². The average Bonchev–Trinajstić information content (AvgIpc) is 3.36. The number of benzene rings is 1. The molecule has 0 aliphatic heterocycles. The number of esters is 1. The number of aromatic nitrogens is 2. The summed E-state index contributed by atoms with van der Waals surface area (Å²) in [6.45, 7) is 8.39. The number of rotatable bonds is 11. The van der Waals surface area contributed by atoms with Crippen molar-refractivity contribution in [2.75, 3.05) is 33.0 Å². The molecule has 208 valence electrons. The molecule has 2 heterocycles. The molecular formula is C28H32FN3O6S. The number of nitrogens with zero attached hydrogens (tertiary/aromatic N) is 2. The molecule has 3 rings (SSSR count). The molecule has 0 bridgehead atoms. The Labute approximate surface area is 231 Å². The molecule has 1 amide bonds. The zero-order valence-corrected chi connectivity index (χ0v) is 23.3. The van der Waals surface area contributed by atoms with E-state index in [1.807, 2.05) is 11.4 Å². The van der Waals surface area contributed by atoms with Crippen molar-refractivity contribution in [3.8, 4) is 28.8 Å². The first kappa shape index (κ1) is 29.8. The Balaban J connectivity index is 1.62. The molecule has 0 aliphatic rings. The monoisotopic (exact) mass is 557 g/mol. The number of carbonyl (C=O) groups is 2. The molecule has 2 aromatic heterocycles. The van der Waals surface area contributed by atoms with Crippen LogP contribution < -0.4 is 10.1 Å². The zero-order chi connectivity index (χ0) is 28.3. The second-order valence-electron chi connectivity index (χ2n) is 9.20. The predicted molar refractivity (Wildman–Crippen MR) is 146 cm³/mol. The van der Waals surface area contributed by atoms with E-state index in [4.69, 9.17) is 18.9 Å². The molecule has 0 saturated heterocycles. The van der Waals surface area contributed by atoms with Crippen molar-refractivity contribution in [2.45, 2.75) is 46.1 Å². The van der Waals surface area contributed by atoms with Gasteiger partial charge in [0.15, 0.2) is 0 Å². The number of thiophene rings is 1. The van der Waals surface area contributed by atoms with Crippen LogP contribution in [0.25, 0.3) is 21.3 Å². The number of nitrogens with one attached hydrogen (secondary N) is 1. The highest BCUT2D eigenvalue weighted by atomic mass is 32.1. The molecule has 0 unspecified atom stereocenters. The highest BCUT2D eigenvalue weighted by molar-refractivity contribution is 7.17. The van der Waals surface area contributed by atoms with Crippen molar-refractivity contribution < 1.29 is 32.9 Å². The van der Waals surface area contributed by atoms with Gasteiger partial charge in [-0.05, 0) is 57.2 Å². The van der Waals surface area contributed by atoms with Gasteiger partial charge in [-0.1, -0.05) is 5.92 Å². The van der Waals surface area contributed by atoms with Gasteiger partial charge in [-0.25, -0.2) is 9.18 Å². The summed E-state index contributed by atoms with van der Waals surface area (Å²) < 4.78 is 36.3. The predicted octanol–water partition coefficient (Wildman–Crippen LogP) is 5.11. The van der Waals surface area contributed by atoms with Crippen LogP contribution in [0.3, 0.4) is 0 Å². The number of ether oxygens (including phenoxy) is 4. The molecule has 3 aromatic rings. The quantitative estimate of drug-likeness (QED) is 0.197. The molecule has 0 atom stereocenters. The molecule has 11 heteroatoms. The van der Waals surface area contributed by atoms with Crippen molar-refractivity contribution in [2.24, 2.45) is 0 Å². The van der Waals surface area contributed by atoms with Gasteiger partial charge in [-0.15, -0.1) is 21.5 Å². The minimum absolute atomic E-state index is 0.161. The average molecular weight is 558 g/mol. The summed E-state index contributed by atoms with van der Waals surface area (Å²) in [7, 11) is 0. The van der Waals surface area contributed by atoms with Crippen LogP contribution in [0.15, 0.2) is 29.6 Å². The normalized spacial score (nSPS) is 11.0. The van der Waals surface area contributed by atoms with Gasteiger partial charge in [-0.2, -0.15) is 0 Å². The molecule has 0 fully saturated rings. The third-order valence-corrected chi connectivity index (χ3v) is 5.87. The topological polar surface area (TPSA) is 109 Å². The molecule has 0 aliphatic carbocycles. The van der Waals surface area contributed by atoms with Crippen LogP contribution >= 0.6 is 11.3 Å². The van der Waals surface area contributed by atoms with Crippen LogP contribution in [0.1, 0.15) is 46.2 Å². The highest BCUT2D eigenvalue weighted by Gasteiger charge is 2.17. The lowest BCUT2D eigenvalue weighted by Crippen LogP contribution is -2.34. The van der Waals surface area contributed by atoms with Crippen molar-refractivity contribution in [1.82, 2.24) is 15.5 Å². The third kappa shape index (κ3) is 9.50. The largest absolute Gasteiger partial charge is 0.490 e. The Bertz CT molecular complexity index is 1340. The first-order valence-electron chi connectivity index (χ1n) is 12.5. The molecule has 39 heavy (non-hydrogen) atoms. The van der Waals surface area contributed by atoms with Crippen molar-refractivity contribution in [3.05, 3.63) is 41.2 Å². The highest BCUT2D eigenvalue weighted by Crippen LogP contribution is 2.36. The second-order valence-corrected chi connectivity index (χ2v) is 10.1. The lowest BCUT2D eigenvalue weighted by atomic mass is 10.1. The lowest BCUT2D eigenvalue weighted by molar-refractivity contribution is -0.142. The van der Waals surface area contributed by atoms with Crippen molar-refractivity contribution in [1.29, 1.82) is 0 Å². The number of amides is 1. The SMILES string of the molecule is CCOC(=O)CCC#Cc1nnc(-c2ccc(F)cc2OCCOCCNC(=O)OC(C)(C)C)c2sccc12. The summed E-state index contributed by atoms with van der Waals surface area (Å²) in [5.41, 5.74) is 1.07. The van der Waals surface area contributed by atoms with E-state index in [-0.39, 0.29) is 38.8 Å². The minimum Gasteiger partial charge on any atom is -0.490 e. The van der Waals surface area contributed by atoms with Crippen molar-refractivity contribution in [3.63, 3.8) is 0 Å². The Morgan fingerprint density at radius 3 is 2.72 bits per heavy atom. The standard InChI is InChI=1S/C28H32FN3O6S/c1-5-36-24(33)9-7-6-8-22-20-12-17-39-26(20)25(32-31-22)21-11-10-19(29)18-23(21)37-16-15-35-14-13-30-27(34)38-28(2,3)4/h10-12,17-18H,5,7,9,13-16H2,1-4H3,(H,30,34). The van der Waals surface area contributed by atoms with Gasteiger partial charge in [0.2, 0.25) is 0 Å². The number of halogens is 1. The first-order chi connectivity index (χ1) is 18.7. The number of fused-ring (bicyclic) bond motifs is 1. The van der Waals surface area contributed by atoms with Crippen LogP contribution in [0.2, 0.25) is 0 Å². The van der Waals surface area contributed by atoms with Gasteiger partial charge in [0.1, 0.15) is 35.2 Å². The van der Waals surface area contributed by atoms with Gasteiger partial charge < -0.3 is 24.3 Å². The number of hydrogen-bond donors (Lipinski definition) is 1. The van der Waals surface area contributed by atoms with E-state index < -0.39 is 17.5 Å². The van der Waals surface area contributed by atoms with Gasteiger partial charge in [-0.3, -0.25) is 4.79 Å². The molecular weight excluding hydrogens is 525 g/mol. The summed E-state index contributed by atoms with van der Waals surface area (Å²) in [6, 6.07) is 6.13. The summed E-state index contributed by atoms with van der Waals surface area (Å²) in [5.74, 6) is 5.50. The molecule has 1 N–H and O–H groups in total. The van der Waals surface area contributed by atoms with E-state index in [0.717, 1.165) is 10.1 Å². The number of hydrogen-bond acceptors (Lipinski definition) is 9. The fourth-order valence-electron chi connectivity index (χ4n) is 3.35. The molecule has 0 saturated carbocycles. The Kier molecular flexibility index (Phi) is 11.0. The van der Waals surface area contributed by atoms with Crippen molar-refractivity contribution >= 4 is 33.5 Å². The molecule has 1 aromatic carbocycles. The molecule has 0 spiro atoms. The smallest absolute Gasteiger partial charge is 0.407 e. The lowest BCUT2D eigenvalue weighted by Gasteiger charge is -2.19. The summed E-state index contributed by atoms with van der Waals surface area (Å²) in [4.78, 5) is 23.2. The van der Waals surface area contributed by atoms with Crippen LogP contribution in [0, 0.1) is 17.7 Å². The third-order valence-electron chi connectivity index (χ3n) is 4.95. The maximum Gasteiger partial charge on any atom is 0.407 e. The number of carbonyl (C=O) groups excluding carboxylic acids is 2. The van der Waals surface area contributed by atoms with Crippen LogP contribution in [-0.4, -0.2) is 60.8 Å². The second kappa shape index (κ2) is 14.4. The summed E-state index contributed by atoms with van der Waals surface area (Å²) in [6.07, 6.45) is 0.0453. The number of alkyl carbamates (subject to hydrolysis) is 1. The van der Waals surface area contributed by atoms with Crippen LogP contribution in [-0.2, 0) is 19.0 Å².